The Labute approximate surface area is 165 Å². The molecule has 0 aliphatic carbocycles. The highest BCUT2D eigenvalue weighted by Crippen LogP contribution is 2.40. The van der Waals surface area contributed by atoms with Crippen LogP contribution in [0.1, 0.15) is 48.5 Å². The van der Waals surface area contributed by atoms with Gasteiger partial charge in [-0.05, 0) is 56.0 Å². The molecule has 0 aromatic carbocycles. The summed E-state index contributed by atoms with van der Waals surface area (Å²) in [4.78, 5) is 36.9. The summed E-state index contributed by atoms with van der Waals surface area (Å²) >= 11 is 0. The first kappa shape index (κ1) is 18.6. The number of carbonyl (C=O) groups is 2. The van der Waals surface area contributed by atoms with Gasteiger partial charge < -0.3 is 9.80 Å². The maximum absolute atomic E-state index is 12.5. The molecule has 0 radical (unpaired) electrons. The number of likely N-dealkylation sites (tertiary alicyclic amines) is 1. The lowest BCUT2D eigenvalue weighted by Gasteiger charge is -2.48. The lowest BCUT2D eigenvalue weighted by Crippen LogP contribution is -2.54. The zero-order valence-corrected chi connectivity index (χ0v) is 16.3. The van der Waals surface area contributed by atoms with E-state index in [1.165, 1.54) is 0 Å². The van der Waals surface area contributed by atoms with Gasteiger partial charge in [0.15, 0.2) is 5.78 Å². The van der Waals surface area contributed by atoms with Gasteiger partial charge in [0.25, 0.3) is 0 Å². The molecule has 6 heteroatoms. The second-order valence-electron chi connectivity index (χ2n) is 8.09. The van der Waals surface area contributed by atoms with Gasteiger partial charge >= 0.3 is 0 Å². The van der Waals surface area contributed by atoms with Crippen molar-refractivity contribution in [2.24, 2.45) is 5.41 Å². The van der Waals surface area contributed by atoms with Gasteiger partial charge in [-0.25, -0.2) is 4.98 Å². The standard InChI is InChI=1S/C22H26N4O2/c1-17(27)19-3-4-20(24-13-19)25-12-2-8-22(15-25)9-5-21(28)26(16-22)14-18-6-10-23-11-7-18/h3-4,6-7,10-11,13H,2,5,8-9,12,14-16H2,1H3/t22-/m1/s1. The number of aromatic nitrogens is 2. The minimum absolute atomic E-state index is 0.0340. The predicted molar refractivity (Wildman–Crippen MR) is 107 cm³/mol. The molecule has 28 heavy (non-hydrogen) atoms. The van der Waals surface area contributed by atoms with E-state index in [0.29, 0.717) is 18.5 Å². The Hall–Kier alpha value is -2.76. The number of rotatable bonds is 4. The average Bonchev–Trinajstić information content (AvgIpc) is 2.72. The molecule has 0 N–H and O–H groups in total. The smallest absolute Gasteiger partial charge is 0.222 e. The highest BCUT2D eigenvalue weighted by Gasteiger charge is 2.42. The lowest BCUT2D eigenvalue weighted by atomic mass is 9.73. The van der Waals surface area contributed by atoms with Crippen molar-refractivity contribution in [1.29, 1.82) is 0 Å². The highest BCUT2D eigenvalue weighted by molar-refractivity contribution is 5.93. The van der Waals surface area contributed by atoms with Crippen LogP contribution in [0.4, 0.5) is 5.82 Å². The fourth-order valence-electron chi connectivity index (χ4n) is 4.47. The number of ketones is 1. The Morgan fingerprint density at radius 1 is 1.14 bits per heavy atom. The van der Waals surface area contributed by atoms with Crippen LogP contribution in [-0.4, -0.2) is 46.2 Å². The number of amides is 1. The summed E-state index contributed by atoms with van der Waals surface area (Å²) < 4.78 is 0. The van der Waals surface area contributed by atoms with Crippen LogP contribution in [0.25, 0.3) is 0 Å². The van der Waals surface area contributed by atoms with Gasteiger partial charge in [0.1, 0.15) is 5.82 Å². The zero-order chi connectivity index (χ0) is 19.6. The summed E-state index contributed by atoms with van der Waals surface area (Å²) in [5.74, 6) is 1.19. The van der Waals surface area contributed by atoms with Gasteiger partial charge in [-0.1, -0.05) is 0 Å². The van der Waals surface area contributed by atoms with Crippen LogP contribution in [-0.2, 0) is 11.3 Å². The SMILES string of the molecule is CC(=O)c1ccc(N2CCC[C@@]3(CCC(=O)N(Cc4ccncc4)C3)C2)nc1. The molecule has 4 rings (SSSR count). The first-order valence-electron chi connectivity index (χ1n) is 9.93. The van der Waals surface area contributed by atoms with E-state index >= 15 is 0 Å². The van der Waals surface area contributed by atoms with Crippen LogP contribution in [0, 0.1) is 5.41 Å². The van der Waals surface area contributed by atoms with Crippen molar-refractivity contribution in [3.63, 3.8) is 0 Å². The van der Waals surface area contributed by atoms with Crippen molar-refractivity contribution in [1.82, 2.24) is 14.9 Å². The van der Waals surface area contributed by atoms with Crippen LogP contribution in [0.2, 0.25) is 0 Å². The summed E-state index contributed by atoms with van der Waals surface area (Å²) in [5.41, 5.74) is 1.87. The molecule has 1 atom stereocenters. The van der Waals surface area contributed by atoms with E-state index in [2.05, 4.69) is 14.9 Å². The minimum Gasteiger partial charge on any atom is -0.356 e. The van der Waals surface area contributed by atoms with Gasteiger partial charge in [-0.3, -0.25) is 14.6 Å². The Morgan fingerprint density at radius 2 is 1.96 bits per heavy atom. The number of carbonyl (C=O) groups excluding carboxylic acids is 2. The van der Waals surface area contributed by atoms with E-state index in [0.717, 1.165) is 50.3 Å². The Kier molecular flexibility index (Phi) is 5.11. The van der Waals surface area contributed by atoms with Gasteiger partial charge in [-0.15, -0.1) is 0 Å². The summed E-state index contributed by atoms with van der Waals surface area (Å²) in [6, 6.07) is 7.75. The molecular weight excluding hydrogens is 352 g/mol. The monoisotopic (exact) mass is 378 g/mol. The van der Waals surface area contributed by atoms with Gasteiger partial charge in [0, 0.05) is 62.2 Å². The molecule has 2 fully saturated rings. The van der Waals surface area contributed by atoms with Crippen LogP contribution in [0.3, 0.4) is 0 Å². The van der Waals surface area contributed by atoms with Crippen molar-refractivity contribution < 1.29 is 9.59 Å². The Balaban J connectivity index is 1.49. The lowest BCUT2D eigenvalue weighted by molar-refractivity contribution is -0.138. The summed E-state index contributed by atoms with van der Waals surface area (Å²) in [5, 5.41) is 0. The van der Waals surface area contributed by atoms with Gasteiger partial charge in [-0.2, -0.15) is 0 Å². The van der Waals surface area contributed by atoms with E-state index in [1.54, 1.807) is 25.5 Å². The van der Waals surface area contributed by atoms with Crippen molar-refractivity contribution >= 4 is 17.5 Å². The van der Waals surface area contributed by atoms with Crippen molar-refractivity contribution in [3.8, 4) is 0 Å². The third-order valence-electron chi connectivity index (χ3n) is 6.01. The highest BCUT2D eigenvalue weighted by atomic mass is 16.2. The summed E-state index contributed by atoms with van der Waals surface area (Å²) in [6.45, 7) is 4.86. The number of hydrogen-bond acceptors (Lipinski definition) is 5. The molecule has 6 nitrogen and oxygen atoms in total. The molecule has 2 aliphatic rings. The third-order valence-corrected chi connectivity index (χ3v) is 6.01. The Morgan fingerprint density at radius 3 is 2.68 bits per heavy atom. The van der Waals surface area contributed by atoms with Crippen LogP contribution < -0.4 is 4.90 Å². The number of nitrogens with zero attached hydrogens (tertiary/aromatic N) is 4. The maximum atomic E-state index is 12.5. The van der Waals surface area contributed by atoms with Crippen LogP contribution in [0.5, 0.6) is 0 Å². The molecule has 0 bridgehead atoms. The van der Waals surface area contributed by atoms with E-state index in [9.17, 15) is 9.59 Å². The van der Waals surface area contributed by atoms with Crippen molar-refractivity contribution in [2.45, 2.75) is 39.2 Å². The van der Waals surface area contributed by atoms with Crippen LogP contribution in [0.15, 0.2) is 42.9 Å². The largest absolute Gasteiger partial charge is 0.356 e. The molecule has 2 aromatic rings. The van der Waals surface area contributed by atoms with Gasteiger partial charge in [0.05, 0.1) is 0 Å². The second-order valence-corrected chi connectivity index (χ2v) is 8.09. The first-order valence-corrected chi connectivity index (χ1v) is 9.93. The fraction of sp³-hybridized carbons (Fsp3) is 0.455. The molecule has 0 saturated carbocycles. The Bertz CT molecular complexity index is 853. The molecule has 2 saturated heterocycles. The second kappa shape index (κ2) is 7.70. The maximum Gasteiger partial charge on any atom is 0.222 e. The molecule has 0 unspecified atom stereocenters. The molecule has 2 aromatic heterocycles. The predicted octanol–water partition coefficient (Wildman–Crippen LogP) is 3.09. The van der Waals surface area contributed by atoms with Crippen LogP contribution >= 0.6 is 0 Å². The number of Topliss-reactive ketones (excluding diaryl/α,β-unsaturated/α-hetero) is 1. The molecular formula is C22H26N4O2. The van der Waals surface area contributed by atoms with Crippen molar-refractivity contribution in [2.75, 3.05) is 24.5 Å². The normalized spacial score (nSPS) is 22.5. The zero-order valence-electron chi connectivity index (χ0n) is 16.3. The molecule has 2 aliphatic heterocycles. The number of piperidine rings is 2. The van der Waals surface area contributed by atoms with Crippen molar-refractivity contribution in [3.05, 3.63) is 54.0 Å². The van der Waals surface area contributed by atoms with Gasteiger partial charge in [0.2, 0.25) is 5.91 Å². The van der Waals surface area contributed by atoms with E-state index < -0.39 is 0 Å². The molecule has 146 valence electrons. The summed E-state index contributed by atoms with van der Waals surface area (Å²) in [7, 11) is 0. The number of pyridine rings is 2. The summed E-state index contributed by atoms with van der Waals surface area (Å²) in [6.07, 6.45) is 8.98. The average molecular weight is 378 g/mol. The van der Waals surface area contributed by atoms with E-state index in [4.69, 9.17) is 0 Å². The molecule has 1 spiro atoms. The minimum atomic E-state index is 0.0340. The van der Waals surface area contributed by atoms with E-state index in [1.807, 2.05) is 29.2 Å². The quantitative estimate of drug-likeness (QED) is 0.765. The third kappa shape index (κ3) is 3.91. The first-order chi connectivity index (χ1) is 13.5. The van der Waals surface area contributed by atoms with E-state index in [-0.39, 0.29) is 17.1 Å². The topological polar surface area (TPSA) is 66.4 Å². The molecule has 1 amide bonds. The number of anilines is 1. The fourth-order valence-corrected chi connectivity index (χ4v) is 4.47. The number of hydrogen-bond donors (Lipinski definition) is 0. The molecule has 4 heterocycles.